The zero-order valence-corrected chi connectivity index (χ0v) is 22.3. The number of imide groups is 2. The number of hydroxylamine groups is 2. The highest BCUT2D eigenvalue weighted by molar-refractivity contribution is 6.31. The second-order valence-electron chi connectivity index (χ2n) is 11.1. The first-order valence-corrected chi connectivity index (χ1v) is 13.4. The van der Waals surface area contributed by atoms with E-state index in [0.717, 1.165) is 11.0 Å². The number of para-hydroxylation sites is 1. The van der Waals surface area contributed by atoms with Crippen LogP contribution < -0.4 is 4.90 Å². The van der Waals surface area contributed by atoms with Gasteiger partial charge in [0.25, 0.3) is 11.8 Å². The number of hydrogen-bond donors (Lipinski definition) is 2. The lowest BCUT2D eigenvalue weighted by molar-refractivity contribution is -0.173. The monoisotopic (exact) mass is 564 g/mol. The lowest BCUT2D eigenvalue weighted by Crippen LogP contribution is -2.48. The second kappa shape index (κ2) is 9.11. The summed E-state index contributed by atoms with van der Waals surface area (Å²) in [5.74, 6) is -7.33. The van der Waals surface area contributed by atoms with E-state index in [1.807, 2.05) is 6.08 Å². The van der Waals surface area contributed by atoms with Gasteiger partial charge in [-0.25, -0.2) is 9.29 Å². The van der Waals surface area contributed by atoms with Gasteiger partial charge in [-0.1, -0.05) is 47.5 Å². The molecule has 2 heterocycles. The molecule has 2 aromatic carbocycles. The van der Waals surface area contributed by atoms with Gasteiger partial charge >= 0.3 is 0 Å². The van der Waals surface area contributed by atoms with Crippen molar-refractivity contribution in [2.75, 3.05) is 4.90 Å². The molecule has 2 N–H and O–H groups in total. The zero-order chi connectivity index (χ0) is 28.7. The molecule has 1 saturated carbocycles. The summed E-state index contributed by atoms with van der Waals surface area (Å²) in [7, 11) is 0. The number of allylic oxidation sites excluding steroid dienone is 3. The summed E-state index contributed by atoms with van der Waals surface area (Å²) in [6.07, 6.45) is 4.06. The molecule has 0 aromatic heterocycles. The van der Waals surface area contributed by atoms with Crippen molar-refractivity contribution in [3.63, 3.8) is 0 Å². The van der Waals surface area contributed by atoms with Crippen LogP contribution in [0.5, 0.6) is 5.75 Å². The lowest BCUT2D eigenvalue weighted by Gasteiger charge is -2.49. The molecule has 2 aromatic rings. The molecule has 40 heavy (non-hydrogen) atoms. The molecule has 2 aliphatic carbocycles. The molecule has 6 rings (SSSR count). The highest BCUT2D eigenvalue weighted by Crippen LogP contribution is 2.64. The van der Waals surface area contributed by atoms with E-state index in [0.29, 0.717) is 23.1 Å². The number of benzene rings is 2. The third kappa shape index (κ3) is 3.40. The van der Waals surface area contributed by atoms with Crippen LogP contribution in [-0.2, 0) is 25.6 Å². The van der Waals surface area contributed by atoms with Crippen molar-refractivity contribution in [1.29, 1.82) is 0 Å². The highest BCUT2D eigenvalue weighted by atomic mass is 35.5. The number of fused-ring (bicyclic) bond motifs is 4. The minimum atomic E-state index is -1.39. The SMILES string of the molecule is C=CCc1cccc([C@H]2C3=CC[C@@H]4C(=O)N(O)C(=O)[C@@H]4[C@@H]3C[C@H]3C(=O)N(c4ccc(F)c(Cl)c4)C(=O)[C@@]23C)c1O. The van der Waals surface area contributed by atoms with E-state index in [1.54, 1.807) is 31.2 Å². The number of anilines is 1. The van der Waals surface area contributed by atoms with E-state index < -0.39 is 64.5 Å². The van der Waals surface area contributed by atoms with Gasteiger partial charge in [0.15, 0.2) is 0 Å². The van der Waals surface area contributed by atoms with Crippen molar-refractivity contribution in [3.05, 3.63) is 82.7 Å². The number of carbonyl (C=O) groups excluding carboxylic acids is 4. The van der Waals surface area contributed by atoms with Crippen LogP contribution in [0.15, 0.2) is 60.7 Å². The maximum absolute atomic E-state index is 14.3. The average molecular weight is 565 g/mol. The molecule has 3 fully saturated rings. The van der Waals surface area contributed by atoms with Crippen LogP contribution in [0.2, 0.25) is 5.02 Å². The standard InChI is InChI=1S/C30H26ClFN2O6/c1-3-5-14-6-4-7-18(25(14)35)24-16-9-10-17-23(28(38)34(40)26(17)36)19(16)13-20-27(37)33(29(39)30(20,24)2)15-8-11-22(32)21(31)12-15/h3-4,6-9,11-12,17,19-20,23-24,35,40H,1,5,10,13H2,2H3/t17-,19+,20-,23-,24+,30+/m0/s1. The van der Waals surface area contributed by atoms with Crippen LogP contribution in [-0.4, -0.2) is 39.0 Å². The van der Waals surface area contributed by atoms with Gasteiger partial charge in [-0.15, -0.1) is 6.58 Å². The molecule has 206 valence electrons. The number of phenolic OH excluding ortho intramolecular Hbond substituents is 1. The van der Waals surface area contributed by atoms with Crippen molar-refractivity contribution in [2.45, 2.75) is 32.1 Å². The van der Waals surface area contributed by atoms with Crippen molar-refractivity contribution in [2.24, 2.45) is 29.1 Å². The van der Waals surface area contributed by atoms with Gasteiger partial charge in [-0.2, -0.15) is 5.06 Å². The second-order valence-corrected chi connectivity index (χ2v) is 11.5. The molecule has 4 amide bonds. The molecular formula is C30H26ClFN2O6. The third-order valence-corrected chi connectivity index (χ3v) is 9.53. The number of aromatic hydroxyl groups is 1. The maximum Gasteiger partial charge on any atom is 0.257 e. The third-order valence-electron chi connectivity index (χ3n) is 9.24. The van der Waals surface area contributed by atoms with Crippen LogP contribution >= 0.6 is 11.6 Å². The smallest absolute Gasteiger partial charge is 0.257 e. The van der Waals surface area contributed by atoms with E-state index in [-0.39, 0.29) is 34.4 Å². The first-order chi connectivity index (χ1) is 19.0. The Balaban J connectivity index is 1.56. The molecule has 2 saturated heterocycles. The van der Waals surface area contributed by atoms with Crippen molar-refractivity contribution in [3.8, 4) is 5.75 Å². The molecule has 8 nitrogen and oxygen atoms in total. The summed E-state index contributed by atoms with van der Waals surface area (Å²) < 4.78 is 14.0. The van der Waals surface area contributed by atoms with Crippen LogP contribution in [0.25, 0.3) is 0 Å². The van der Waals surface area contributed by atoms with Crippen molar-refractivity contribution >= 4 is 40.9 Å². The summed E-state index contributed by atoms with van der Waals surface area (Å²) >= 11 is 6.00. The van der Waals surface area contributed by atoms with Crippen LogP contribution in [0.1, 0.15) is 36.8 Å². The Morgan fingerprint density at radius 3 is 2.58 bits per heavy atom. The summed E-state index contributed by atoms with van der Waals surface area (Å²) in [5, 5.41) is 21.5. The number of phenols is 1. The van der Waals surface area contributed by atoms with E-state index in [4.69, 9.17) is 11.6 Å². The van der Waals surface area contributed by atoms with Gasteiger partial charge in [0.05, 0.1) is 33.9 Å². The van der Waals surface area contributed by atoms with E-state index in [1.165, 1.54) is 12.1 Å². The van der Waals surface area contributed by atoms with Crippen LogP contribution in [0.4, 0.5) is 10.1 Å². The largest absolute Gasteiger partial charge is 0.507 e. The van der Waals surface area contributed by atoms with Crippen LogP contribution in [0.3, 0.4) is 0 Å². The molecule has 6 atom stereocenters. The number of nitrogens with zero attached hydrogens (tertiary/aromatic N) is 2. The van der Waals surface area contributed by atoms with Gasteiger partial charge in [-0.3, -0.25) is 24.4 Å². The van der Waals surface area contributed by atoms with Crippen molar-refractivity contribution in [1.82, 2.24) is 5.06 Å². The van der Waals surface area contributed by atoms with E-state index in [2.05, 4.69) is 6.58 Å². The fraction of sp³-hybridized carbons (Fsp3) is 0.333. The van der Waals surface area contributed by atoms with E-state index in [9.17, 15) is 33.9 Å². The predicted octanol–water partition coefficient (Wildman–Crippen LogP) is 4.53. The lowest BCUT2D eigenvalue weighted by atomic mass is 9.51. The topological polar surface area (TPSA) is 115 Å². The van der Waals surface area contributed by atoms with Gasteiger partial charge < -0.3 is 5.11 Å². The Bertz CT molecular complexity index is 1550. The normalized spacial score (nSPS) is 31.2. The quantitative estimate of drug-likeness (QED) is 0.320. The van der Waals surface area contributed by atoms with Gasteiger partial charge in [0.1, 0.15) is 11.6 Å². The molecule has 0 spiro atoms. The molecular weight excluding hydrogens is 539 g/mol. The Morgan fingerprint density at radius 2 is 1.88 bits per heavy atom. The molecule has 0 radical (unpaired) electrons. The fourth-order valence-electron chi connectivity index (χ4n) is 7.38. The van der Waals surface area contributed by atoms with Gasteiger partial charge in [0, 0.05) is 11.5 Å². The first kappa shape index (κ1) is 26.4. The highest BCUT2D eigenvalue weighted by Gasteiger charge is 2.68. The maximum atomic E-state index is 14.3. The number of halogens is 2. The van der Waals surface area contributed by atoms with Crippen LogP contribution in [0, 0.1) is 34.9 Å². The minimum Gasteiger partial charge on any atom is -0.507 e. The molecule has 4 aliphatic rings. The summed E-state index contributed by atoms with van der Waals surface area (Å²) in [6, 6.07) is 8.79. The summed E-state index contributed by atoms with van der Waals surface area (Å²) in [4.78, 5) is 55.1. The summed E-state index contributed by atoms with van der Waals surface area (Å²) in [6.45, 7) is 5.42. The Morgan fingerprint density at radius 1 is 1.12 bits per heavy atom. The number of carbonyl (C=O) groups is 4. The fourth-order valence-corrected chi connectivity index (χ4v) is 7.55. The van der Waals surface area contributed by atoms with Gasteiger partial charge in [0.2, 0.25) is 11.8 Å². The molecule has 0 unspecified atom stereocenters. The predicted molar refractivity (Wildman–Crippen MR) is 142 cm³/mol. The Hall–Kier alpha value is -3.82. The molecule has 0 bridgehead atoms. The number of rotatable bonds is 4. The number of amides is 4. The summed E-state index contributed by atoms with van der Waals surface area (Å²) in [5.41, 5.74) is 0.393. The van der Waals surface area contributed by atoms with E-state index >= 15 is 0 Å². The minimum absolute atomic E-state index is 0.0443. The average Bonchev–Trinajstić information content (AvgIpc) is 3.27. The Kier molecular flexibility index (Phi) is 6.01. The Labute approximate surface area is 234 Å². The van der Waals surface area contributed by atoms with Gasteiger partial charge in [-0.05, 0) is 55.9 Å². The van der Waals surface area contributed by atoms with Crippen molar-refractivity contribution < 1.29 is 33.9 Å². The first-order valence-electron chi connectivity index (χ1n) is 13.0. The molecule has 10 heteroatoms. The zero-order valence-electron chi connectivity index (χ0n) is 21.5. The molecule has 2 aliphatic heterocycles. The number of hydrogen-bond acceptors (Lipinski definition) is 6.